The maximum atomic E-state index is 13.7. The van der Waals surface area contributed by atoms with Crippen molar-refractivity contribution in [3.63, 3.8) is 0 Å². The van der Waals surface area contributed by atoms with E-state index in [4.69, 9.17) is 27.2 Å². The molecular formula is C28H38ClN9O4Si. The van der Waals surface area contributed by atoms with Gasteiger partial charge in [0.1, 0.15) is 23.0 Å². The number of carbonyl (C=O) groups excluding carboxylic acids is 1. The number of benzene rings is 1. The van der Waals surface area contributed by atoms with Gasteiger partial charge >= 0.3 is 6.09 Å². The molecule has 13 nitrogen and oxygen atoms in total. The van der Waals surface area contributed by atoms with Gasteiger partial charge in [-0.3, -0.25) is 10.1 Å². The molecule has 1 aliphatic heterocycles. The monoisotopic (exact) mass is 627 g/mol. The van der Waals surface area contributed by atoms with Crippen LogP contribution in [0.15, 0.2) is 30.6 Å². The molecule has 1 aliphatic rings. The first-order valence-corrected chi connectivity index (χ1v) is 18.4. The number of carboxylic acid groups (broad SMARTS) is 1. The molecule has 2 amide bonds. The van der Waals surface area contributed by atoms with Crippen LogP contribution in [0, 0.1) is 0 Å². The largest absolute Gasteiger partial charge is 0.465 e. The molecule has 15 heteroatoms. The summed E-state index contributed by atoms with van der Waals surface area (Å²) in [5.74, 6) is -0.626. The van der Waals surface area contributed by atoms with Gasteiger partial charge in [-0.2, -0.15) is 5.10 Å². The summed E-state index contributed by atoms with van der Waals surface area (Å²) in [6.07, 6.45) is 3.62. The number of nitrogens with zero attached hydrogens (tertiary/aromatic N) is 6. The molecule has 1 saturated heterocycles. The normalized spacial score (nSPS) is 16.5. The molecule has 4 aromatic rings. The number of carbonyl (C=O) groups is 2. The summed E-state index contributed by atoms with van der Waals surface area (Å²) < 4.78 is 8.98. The van der Waals surface area contributed by atoms with Crippen LogP contribution in [0.5, 0.6) is 0 Å². The van der Waals surface area contributed by atoms with Crippen LogP contribution < -0.4 is 21.3 Å². The van der Waals surface area contributed by atoms with Crippen molar-refractivity contribution in [1.29, 1.82) is 0 Å². The van der Waals surface area contributed by atoms with Gasteiger partial charge in [-0.15, -0.1) is 5.10 Å². The van der Waals surface area contributed by atoms with Crippen LogP contribution in [-0.4, -0.2) is 75.3 Å². The molecule has 43 heavy (non-hydrogen) atoms. The third-order valence-electron chi connectivity index (χ3n) is 7.50. The number of nitrogens with two attached hydrogens (primary N) is 1. The van der Waals surface area contributed by atoms with E-state index in [1.807, 2.05) is 19.1 Å². The lowest BCUT2D eigenvalue weighted by atomic mass is 9.99. The van der Waals surface area contributed by atoms with Crippen molar-refractivity contribution >= 4 is 59.7 Å². The van der Waals surface area contributed by atoms with Gasteiger partial charge in [-0.1, -0.05) is 37.3 Å². The number of halogens is 1. The number of aromatic nitrogens is 5. The molecule has 3 aromatic heterocycles. The van der Waals surface area contributed by atoms with Crippen LogP contribution in [0.2, 0.25) is 30.8 Å². The summed E-state index contributed by atoms with van der Waals surface area (Å²) in [7, 11) is -1.24. The minimum atomic E-state index is -1.34. The minimum Gasteiger partial charge on any atom is -0.465 e. The molecule has 0 radical (unpaired) electrons. The Bertz CT molecular complexity index is 1650. The van der Waals surface area contributed by atoms with Gasteiger partial charge in [0.25, 0.3) is 5.91 Å². The second kappa shape index (κ2) is 12.5. The number of nitrogens with one attached hydrogen (secondary N) is 2. The maximum absolute atomic E-state index is 13.7. The fraction of sp³-hybridized carbons (Fsp3) is 0.464. The Hall–Kier alpha value is -3.72. The third-order valence-corrected chi connectivity index (χ3v) is 9.60. The van der Waals surface area contributed by atoms with Crippen LogP contribution in [0.3, 0.4) is 0 Å². The van der Waals surface area contributed by atoms with E-state index in [-0.39, 0.29) is 29.8 Å². The molecule has 4 heterocycles. The summed E-state index contributed by atoms with van der Waals surface area (Å²) in [4.78, 5) is 31.6. The van der Waals surface area contributed by atoms with Crippen LogP contribution in [0.1, 0.15) is 41.7 Å². The number of ether oxygens (including phenoxy) is 1. The first kappa shape index (κ1) is 30.7. The Kier molecular flexibility index (Phi) is 8.92. The van der Waals surface area contributed by atoms with Gasteiger partial charge in [0.2, 0.25) is 0 Å². The lowest BCUT2D eigenvalue weighted by Gasteiger charge is -2.35. The number of anilines is 2. The molecule has 1 fully saturated rings. The van der Waals surface area contributed by atoms with Crippen LogP contribution in [0.4, 0.5) is 16.3 Å². The molecule has 2 atom stereocenters. The maximum Gasteiger partial charge on any atom is 0.410 e. The average Bonchev–Trinajstić information content (AvgIpc) is 3.46. The summed E-state index contributed by atoms with van der Waals surface area (Å²) in [5, 5.41) is 24.9. The number of fused-ring (bicyclic) bond motifs is 2. The third kappa shape index (κ3) is 6.77. The van der Waals surface area contributed by atoms with Crippen LogP contribution in [0.25, 0.3) is 16.6 Å². The number of hydrogen-bond donors (Lipinski definition) is 4. The highest BCUT2D eigenvalue weighted by Crippen LogP contribution is 2.38. The Morgan fingerprint density at radius 2 is 2.07 bits per heavy atom. The molecule has 230 valence electrons. The molecule has 0 saturated carbocycles. The number of amides is 2. The molecule has 0 bridgehead atoms. The van der Waals surface area contributed by atoms with E-state index in [0.717, 1.165) is 42.1 Å². The standard InChI is InChI=1S/C28H38ClN9O4Si/c1-17(32-27(39)21-25(33-28(40)41)35-37-12-6-10-31-26(21)37)19-8-9-20-22(23(19)36-11-5-7-18(30)15-36)34-38(24(20)29)16-42-13-14-43(2,3)4/h6,8-10,12,17-18H,5,7,11,13-16,30H2,1-4H3,(H,32,39)(H,33,35)(H,40,41)/t17?,18-/m0/s1. The summed E-state index contributed by atoms with van der Waals surface area (Å²) in [5.41, 5.74) is 9.03. The summed E-state index contributed by atoms with van der Waals surface area (Å²) >= 11 is 6.81. The molecule has 5 N–H and O–H groups in total. The van der Waals surface area contributed by atoms with E-state index in [9.17, 15) is 14.7 Å². The molecular weight excluding hydrogens is 590 g/mol. The van der Waals surface area contributed by atoms with E-state index >= 15 is 0 Å². The average molecular weight is 628 g/mol. The minimum absolute atomic E-state index is 0.00119. The van der Waals surface area contributed by atoms with Gasteiger partial charge in [-0.25, -0.2) is 19.0 Å². The zero-order valence-electron chi connectivity index (χ0n) is 24.8. The molecule has 1 aromatic carbocycles. The van der Waals surface area contributed by atoms with E-state index in [1.165, 1.54) is 10.7 Å². The first-order valence-electron chi connectivity index (χ1n) is 14.3. The number of piperidine rings is 1. The zero-order chi connectivity index (χ0) is 30.9. The highest BCUT2D eigenvalue weighted by Gasteiger charge is 2.29. The van der Waals surface area contributed by atoms with Crippen molar-refractivity contribution in [2.45, 2.75) is 64.3 Å². The summed E-state index contributed by atoms with van der Waals surface area (Å²) in [6.45, 7) is 11.1. The number of hydrogen-bond acceptors (Lipinski definition) is 8. The zero-order valence-corrected chi connectivity index (χ0v) is 26.6. The lowest BCUT2D eigenvalue weighted by molar-refractivity contribution is 0.0793. The van der Waals surface area contributed by atoms with Crippen molar-refractivity contribution in [2.75, 3.05) is 29.9 Å². The first-order chi connectivity index (χ1) is 20.4. The van der Waals surface area contributed by atoms with Crippen LogP contribution >= 0.6 is 11.6 Å². The van der Waals surface area contributed by atoms with Crippen molar-refractivity contribution < 1.29 is 19.4 Å². The Morgan fingerprint density at radius 1 is 1.28 bits per heavy atom. The van der Waals surface area contributed by atoms with Gasteiger partial charge in [0, 0.05) is 51.6 Å². The highest BCUT2D eigenvalue weighted by atomic mass is 35.5. The topological polar surface area (TPSA) is 165 Å². The van der Waals surface area contributed by atoms with Gasteiger partial charge in [-0.05, 0) is 43.5 Å². The quantitative estimate of drug-likeness (QED) is 0.146. The van der Waals surface area contributed by atoms with E-state index < -0.39 is 26.1 Å². The summed E-state index contributed by atoms with van der Waals surface area (Å²) in [6, 6.07) is 6.02. The molecule has 5 rings (SSSR count). The molecule has 0 spiro atoms. The van der Waals surface area contributed by atoms with Crippen molar-refractivity contribution in [2.24, 2.45) is 5.73 Å². The van der Waals surface area contributed by atoms with Crippen molar-refractivity contribution in [3.8, 4) is 0 Å². The highest BCUT2D eigenvalue weighted by molar-refractivity contribution is 6.76. The van der Waals surface area contributed by atoms with Crippen molar-refractivity contribution in [1.82, 2.24) is 29.7 Å². The molecule has 0 aliphatic carbocycles. The van der Waals surface area contributed by atoms with Crippen molar-refractivity contribution in [3.05, 3.63) is 46.9 Å². The predicted molar refractivity (Wildman–Crippen MR) is 169 cm³/mol. The SMILES string of the molecule is CC(NC(=O)c1c(NC(=O)O)nn2cccnc12)c1ccc2c(Cl)n(COCC[Si](C)(C)C)nc2c1N1CCC[C@H](N)C1. The van der Waals surface area contributed by atoms with E-state index in [0.29, 0.717) is 23.8 Å². The van der Waals surface area contributed by atoms with Gasteiger partial charge in [0.05, 0.1) is 11.7 Å². The van der Waals surface area contributed by atoms with Crippen LogP contribution in [-0.2, 0) is 11.5 Å². The second-order valence-electron chi connectivity index (χ2n) is 12.1. The van der Waals surface area contributed by atoms with E-state index in [1.54, 1.807) is 16.9 Å². The smallest absolute Gasteiger partial charge is 0.410 e. The fourth-order valence-corrected chi connectivity index (χ4v) is 6.30. The van der Waals surface area contributed by atoms with Gasteiger partial charge in [0.15, 0.2) is 11.5 Å². The lowest BCUT2D eigenvalue weighted by Crippen LogP contribution is -2.43. The van der Waals surface area contributed by atoms with E-state index in [2.05, 4.69) is 45.3 Å². The Balaban J connectivity index is 1.49. The predicted octanol–water partition coefficient (Wildman–Crippen LogP) is 4.55. The Morgan fingerprint density at radius 3 is 2.79 bits per heavy atom. The fourth-order valence-electron chi connectivity index (χ4n) is 5.31. The Labute approximate surface area is 255 Å². The number of rotatable bonds is 10. The molecule has 1 unspecified atom stereocenters. The second-order valence-corrected chi connectivity index (χ2v) is 18.1. The van der Waals surface area contributed by atoms with Gasteiger partial charge < -0.3 is 25.8 Å².